The molecule has 0 radical (unpaired) electrons. The van der Waals surface area contributed by atoms with Crippen LogP contribution in [-0.2, 0) is 4.74 Å². The molecule has 16 heavy (non-hydrogen) atoms. The fraction of sp³-hybridized carbons (Fsp3) is 0.364. The number of hydrogen-bond acceptors (Lipinski definition) is 5. The van der Waals surface area contributed by atoms with Gasteiger partial charge in [-0.3, -0.25) is 0 Å². The number of aliphatic hydroxyl groups is 1. The maximum Gasteiger partial charge on any atom is 0.337 e. The molecule has 0 spiro atoms. The predicted octanol–water partition coefficient (Wildman–Crippen LogP) is 1.53. The zero-order chi connectivity index (χ0) is 12.0. The lowest BCUT2D eigenvalue weighted by Gasteiger charge is -2.06. The Morgan fingerprint density at radius 3 is 2.94 bits per heavy atom. The van der Waals surface area contributed by atoms with E-state index in [1.807, 2.05) is 0 Å². The number of methoxy groups -OCH3 is 1. The summed E-state index contributed by atoms with van der Waals surface area (Å²) in [7, 11) is 1.34. The van der Waals surface area contributed by atoms with Gasteiger partial charge in [0.25, 0.3) is 0 Å². The molecule has 0 amide bonds. The van der Waals surface area contributed by atoms with Crippen molar-refractivity contribution in [1.82, 2.24) is 0 Å². The molecular weight excluding hydrogens is 226 g/mol. The van der Waals surface area contributed by atoms with Crippen molar-refractivity contribution < 1.29 is 14.6 Å². The van der Waals surface area contributed by atoms with E-state index in [1.165, 1.54) is 18.9 Å². The molecule has 0 fully saturated rings. The van der Waals surface area contributed by atoms with Crippen LogP contribution in [0.4, 0.5) is 5.69 Å². The second kappa shape index (κ2) is 6.40. The van der Waals surface area contributed by atoms with Crippen molar-refractivity contribution in [3.05, 3.63) is 23.8 Å². The van der Waals surface area contributed by atoms with Crippen molar-refractivity contribution in [2.24, 2.45) is 0 Å². The van der Waals surface area contributed by atoms with Crippen LogP contribution < -0.4 is 5.73 Å². The number of nitrogen functional groups attached to an aromatic ring is 1. The molecule has 0 saturated heterocycles. The summed E-state index contributed by atoms with van der Waals surface area (Å²) in [6, 6.07) is 5.04. The van der Waals surface area contributed by atoms with E-state index in [4.69, 9.17) is 10.8 Å². The standard InChI is InChI=1S/C11H15NO3S/c1-15-11(14)8-3-4-9(12)10(7-8)16-6-2-5-13/h3-4,7,13H,2,5-6,12H2,1H3. The second-order valence-electron chi connectivity index (χ2n) is 3.17. The highest BCUT2D eigenvalue weighted by Crippen LogP contribution is 2.26. The molecule has 0 bridgehead atoms. The first-order valence-electron chi connectivity index (χ1n) is 4.90. The minimum absolute atomic E-state index is 0.156. The maximum atomic E-state index is 11.3. The van der Waals surface area contributed by atoms with Gasteiger partial charge in [0.1, 0.15) is 0 Å². The summed E-state index contributed by atoms with van der Waals surface area (Å²) in [5.74, 6) is 0.398. The number of thioether (sulfide) groups is 1. The molecule has 0 saturated carbocycles. The smallest absolute Gasteiger partial charge is 0.337 e. The van der Waals surface area contributed by atoms with Gasteiger partial charge in [-0.1, -0.05) is 0 Å². The summed E-state index contributed by atoms with van der Waals surface area (Å²) in [4.78, 5) is 12.1. The van der Waals surface area contributed by atoms with Gasteiger partial charge >= 0.3 is 5.97 Å². The van der Waals surface area contributed by atoms with Crippen LogP contribution in [0.15, 0.2) is 23.1 Å². The van der Waals surface area contributed by atoms with Gasteiger partial charge in [-0.05, 0) is 24.6 Å². The number of benzene rings is 1. The highest BCUT2D eigenvalue weighted by Gasteiger charge is 2.08. The number of ether oxygens (including phenoxy) is 1. The molecule has 5 heteroatoms. The Bertz CT molecular complexity index is 368. The van der Waals surface area contributed by atoms with Crippen molar-refractivity contribution in [1.29, 1.82) is 0 Å². The SMILES string of the molecule is COC(=O)c1ccc(N)c(SCCCO)c1. The van der Waals surface area contributed by atoms with Crippen molar-refractivity contribution in [3.8, 4) is 0 Å². The highest BCUT2D eigenvalue weighted by molar-refractivity contribution is 7.99. The Hall–Kier alpha value is -1.20. The Kier molecular flexibility index (Phi) is 5.14. The third-order valence-electron chi connectivity index (χ3n) is 1.99. The van der Waals surface area contributed by atoms with Crippen molar-refractivity contribution in [3.63, 3.8) is 0 Å². The van der Waals surface area contributed by atoms with Crippen molar-refractivity contribution in [2.45, 2.75) is 11.3 Å². The maximum absolute atomic E-state index is 11.3. The van der Waals surface area contributed by atoms with Crippen LogP contribution in [-0.4, -0.2) is 30.5 Å². The molecule has 0 heterocycles. The minimum Gasteiger partial charge on any atom is -0.465 e. The quantitative estimate of drug-likeness (QED) is 0.354. The van der Waals surface area contributed by atoms with Crippen LogP contribution in [0, 0.1) is 0 Å². The van der Waals surface area contributed by atoms with Crippen LogP contribution in [0.3, 0.4) is 0 Å². The molecule has 1 aromatic rings. The summed E-state index contributed by atoms with van der Waals surface area (Å²) >= 11 is 1.52. The van der Waals surface area contributed by atoms with Gasteiger partial charge < -0.3 is 15.6 Å². The van der Waals surface area contributed by atoms with E-state index in [0.29, 0.717) is 17.7 Å². The van der Waals surface area contributed by atoms with Gasteiger partial charge in [0.15, 0.2) is 0 Å². The van der Waals surface area contributed by atoms with Crippen LogP contribution in [0.1, 0.15) is 16.8 Å². The topological polar surface area (TPSA) is 72.5 Å². The molecule has 1 aromatic carbocycles. The monoisotopic (exact) mass is 241 g/mol. The second-order valence-corrected chi connectivity index (χ2v) is 4.31. The van der Waals surface area contributed by atoms with Crippen LogP contribution >= 0.6 is 11.8 Å². The molecular formula is C11H15NO3S. The zero-order valence-electron chi connectivity index (χ0n) is 9.10. The molecule has 3 N–H and O–H groups in total. The van der Waals surface area contributed by atoms with Gasteiger partial charge in [0.2, 0.25) is 0 Å². The Morgan fingerprint density at radius 1 is 1.56 bits per heavy atom. The van der Waals surface area contributed by atoms with Crippen molar-refractivity contribution in [2.75, 3.05) is 25.2 Å². The molecule has 0 aliphatic rings. The summed E-state index contributed by atoms with van der Waals surface area (Å²) in [6.07, 6.45) is 0.701. The van der Waals surface area contributed by atoms with Gasteiger partial charge in [0, 0.05) is 22.9 Å². The van der Waals surface area contributed by atoms with E-state index in [1.54, 1.807) is 18.2 Å². The number of aliphatic hydroxyl groups excluding tert-OH is 1. The Balaban J connectivity index is 2.78. The third-order valence-corrected chi connectivity index (χ3v) is 3.15. The molecule has 0 aliphatic heterocycles. The van der Waals surface area contributed by atoms with E-state index < -0.39 is 0 Å². The predicted molar refractivity (Wildman–Crippen MR) is 64.6 cm³/mol. The van der Waals surface area contributed by atoms with E-state index in [2.05, 4.69) is 4.74 Å². The lowest BCUT2D eigenvalue weighted by Crippen LogP contribution is -2.02. The third kappa shape index (κ3) is 3.43. The van der Waals surface area contributed by atoms with Crippen LogP contribution in [0.2, 0.25) is 0 Å². The number of carbonyl (C=O) groups is 1. The number of carbonyl (C=O) groups excluding carboxylic acids is 1. The fourth-order valence-electron chi connectivity index (χ4n) is 1.15. The minimum atomic E-state index is -0.371. The molecule has 4 nitrogen and oxygen atoms in total. The summed E-state index contributed by atoms with van der Waals surface area (Å²) < 4.78 is 4.63. The van der Waals surface area contributed by atoms with Gasteiger partial charge in [-0.15, -0.1) is 11.8 Å². The number of hydrogen-bond donors (Lipinski definition) is 2. The van der Waals surface area contributed by atoms with E-state index >= 15 is 0 Å². The number of rotatable bonds is 5. The summed E-state index contributed by atoms with van der Waals surface area (Å²) in [5.41, 5.74) is 6.90. The number of esters is 1. The zero-order valence-corrected chi connectivity index (χ0v) is 9.92. The number of nitrogens with two attached hydrogens (primary N) is 1. The molecule has 0 aliphatic carbocycles. The Morgan fingerprint density at radius 2 is 2.31 bits per heavy atom. The van der Waals surface area contributed by atoms with E-state index in [9.17, 15) is 4.79 Å². The van der Waals surface area contributed by atoms with E-state index in [-0.39, 0.29) is 12.6 Å². The van der Waals surface area contributed by atoms with E-state index in [0.717, 1.165) is 10.6 Å². The van der Waals surface area contributed by atoms with Gasteiger partial charge in [-0.2, -0.15) is 0 Å². The normalized spacial score (nSPS) is 10.1. The van der Waals surface area contributed by atoms with Gasteiger partial charge in [0.05, 0.1) is 12.7 Å². The van der Waals surface area contributed by atoms with Gasteiger partial charge in [-0.25, -0.2) is 4.79 Å². The largest absolute Gasteiger partial charge is 0.465 e. The lowest BCUT2D eigenvalue weighted by atomic mass is 10.2. The fourth-order valence-corrected chi connectivity index (χ4v) is 2.09. The average molecular weight is 241 g/mol. The molecule has 0 unspecified atom stereocenters. The first kappa shape index (κ1) is 12.9. The van der Waals surface area contributed by atoms with Crippen LogP contribution in [0.5, 0.6) is 0 Å². The molecule has 88 valence electrons. The average Bonchev–Trinajstić information content (AvgIpc) is 2.31. The van der Waals surface area contributed by atoms with Crippen molar-refractivity contribution >= 4 is 23.4 Å². The first-order chi connectivity index (χ1) is 7.69. The van der Waals surface area contributed by atoms with Crippen LogP contribution in [0.25, 0.3) is 0 Å². The first-order valence-corrected chi connectivity index (χ1v) is 5.89. The lowest BCUT2D eigenvalue weighted by molar-refractivity contribution is 0.0600. The molecule has 1 rings (SSSR count). The summed E-state index contributed by atoms with van der Waals surface area (Å²) in [6.45, 7) is 0.156. The summed E-state index contributed by atoms with van der Waals surface area (Å²) in [5, 5.41) is 8.68. The Labute approximate surface area is 98.8 Å². The molecule has 0 aromatic heterocycles. The number of anilines is 1. The molecule has 0 atom stereocenters. The highest BCUT2D eigenvalue weighted by atomic mass is 32.2.